The summed E-state index contributed by atoms with van der Waals surface area (Å²) in [7, 11) is 0. The first-order chi connectivity index (χ1) is 6.09. The van der Waals surface area contributed by atoms with E-state index in [1.54, 1.807) is 6.07 Å². The number of hydrogen-bond donors (Lipinski definition) is 1. The van der Waals surface area contributed by atoms with E-state index in [1.165, 1.54) is 12.3 Å². The predicted molar refractivity (Wildman–Crippen MR) is 50.7 cm³/mol. The minimum absolute atomic E-state index is 0.437. The van der Waals surface area contributed by atoms with Crippen LogP contribution < -0.4 is 0 Å². The van der Waals surface area contributed by atoms with Crippen molar-refractivity contribution >= 4 is 23.6 Å². The number of carbonyl (C=O) groups is 1. The van der Waals surface area contributed by atoms with Gasteiger partial charge in [0.15, 0.2) is 0 Å². The van der Waals surface area contributed by atoms with Crippen molar-refractivity contribution in [2.45, 2.75) is 6.92 Å². The molecule has 1 aromatic heterocycles. The molecule has 13 heavy (non-hydrogen) atoms. The number of rotatable bonds is 2. The molecule has 0 amide bonds. The molecule has 0 aliphatic heterocycles. The van der Waals surface area contributed by atoms with Gasteiger partial charge in [-0.2, -0.15) is 0 Å². The Morgan fingerprint density at radius 2 is 2.38 bits per heavy atom. The summed E-state index contributed by atoms with van der Waals surface area (Å²) < 4.78 is 0. The van der Waals surface area contributed by atoms with E-state index in [9.17, 15) is 4.79 Å². The molecule has 1 heterocycles. The first-order valence-corrected chi connectivity index (χ1v) is 4.00. The Labute approximate surface area is 80.7 Å². The van der Waals surface area contributed by atoms with Gasteiger partial charge >= 0.3 is 5.97 Å². The van der Waals surface area contributed by atoms with Gasteiger partial charge in [-0.25, -0.2) is 9.78 Å². The molecule has 4 heteroatoms. The van der Waals surface area contributed by atoms with Gasteiger partial charge in [-0.15, -0.1) is 0 Å². The highest BCUT2D eigenvalue weighted by atomic mass is 35.5. The summed E-state index contributed by atoms with van der Waals surface area (Å²) in [6.45, 7) is 1.81. The SMILES string of the molecule is Cc1cc(C=CC(=O)O)cnc1Cl. The van der Waals surface area contributed by atoms with E-state index in [1.807, 2.05) is 6.92 Å². The van der Waals surface area contributed by atoms with Gasteiger partial charge in [0.25, 0.3) is 0 Å². The Kier molecular flexibility index (Phi) is 3.03. The molecule has 0 spiro atoms. The molecule has 0 aliphatic carbocycles. The Bertz CT molecular complexity index is 361. The maximum Gasteiger partial charge on any atom is 0.328 e. The summed E-state index contributed by atoms with van der Waals surface area (Å²) in [5.74, 6) is -0.979. The van der Waals surface area contributed by atoms with Crippen LogP contribution in [0.25, 0.3) is 6.08 Å². The zero-order valence-corrected chi connectivity index (χ0v) is 7.75. The van der Waals surface area contributed by atoms with Crippen molar-refractivity contribution in [1.82, 2.24) is 4.98 Å². The van der Waals surface area contributed by atoms with Gasteiger partial charge in [0.1, 0.15) is 5.15 Å². The standard InChI is InChI=1S/C9H8ClNO2/c1-6-4-7(2-3-8(12)13)5-11-9(6)10/h2-5H,1H3,(H,12,13). The molecule has 0 radical (unpaired) electrons. The average molecular weight is 198 g/mol. The summed E-state index contributed by atoms with van der Waals surface area (Å²) in [5, 5.41) is 8.80. The minimum atomic E-state index is -0.979. The van der Waals surface area contributed by atoms with Gasteiger partial charge in [0.05, 0.1) is 0 Å². The van der Waals surface area contributed by atoms with Gasteiger partial charge in [-0.1, -0.05) is 11.6 Å². The highest BCUT2D eigenvalue weighted by molar-refractivity contribution is 6.30. The molecule has 0 fully saturated rings. The Balaban J connectivity index is 2.92. The Morgan fingerprint density at radius 3 is 2.92 bits per heavy atom. The smallest absolute Gasteiger partial charge is 0.328 e. The van der Waals surface area contributed by atoms with Crippen LogP contribution in [0.1, 0.15) is 11.1 Å². The third kappa shape index (κ3) is 2.87. The number of pyridine rings is 1. The van der Waals surface area contributed by atoms with Crippen molar-refractivity contribution in [3.05, 3.63) is 34.6 Å². The Hall–Kier alpha value is -1.35. The van der Waals surface area contributed by atoms with E-state index in [0.717, 1.165) is 17.2 Å². The van der Waals surface area contributed by atoms with E-state index < -0.39 is 5.97 Å². The third-order valence-corrected chi connectivity index (χ3v) is 1.85. The molecule has 0 aromatic carbocycles. The third-order valence-electron chi connectivity index (χ3n) is 1.45. The molecule has 1 N–H and O–H groups in total. The van der Waals surface area contributed by atoms with Gasteiger partial charge in [0.2, 0.25) is 0 Å². The van der Waals surface area contributed by atoms with Crippen molar-refractivity contribution in [2.24, 2.45) is 0 Å². The van der Waals surface area contributed by atoms with E-state index in [2.05, 4.69) is 4.98 Å². The fourth-order valence-electron chi connectivity index (χ4n) is 0.839. The molecule has 0 bridgehead atoms. The molecule has 1 rings (SSSR count). The molecule has 3 nitrogen and oxygen atoms in total. The van der Waals surface area contributed by atoms with Crippen LogP contribution in [0.4, 0.5) is 0 Å². The second-order valence-electron chi connectivity index (χ2n) is 2.55. The number of hydrogen-bond acceptors (Lipinski definition) is 2. The number of carboxylic acids is 1. The zero-order chi connectivity index (χ0) is 9.84. The highest BCUT2D eigenvalue weighted by Gasteiger charge is 1.96. The molecule has 0 saturated carbocycles. The summed E-state index contributed by atoms with van der Waals surface area (Å²) in [6, 6.07) is 1.77. The van der Waals surface area contributed by atoms with Crippen molar-refractivity contribution in [3.63, 3.8) is 0 Å². The van der Waals surface area contributed by atoms with Crippen LogP contribution in [0.3, 0.4) is 0 Å². The lowest BCUT2D eigenvalue weighted by Crippen LogP contribution is -1.87. The normalized spacial score (nSPS) is 10.6. The summed E-state index contributed by atoms with van der Waals surface area (Å²) in [6.07, 6.45) is 4.05. The molecular formula is C9H8ClNO2. The molecule has 0 atom stereocenters. The van der Waals surface area contributed by atoms with Crippen LogP contribution in [0.15, 0.2) is 18.3 Å². The fourth-order valence-corrected chi connectivity index (χ4v) is 0.942. The first kappa shape index (κ1) is 9.74. The number of aryl methyl sites for hydroxylation is 1. The Morgan fingerprint density at radius 1 is 1.69 bits per heavy atom. The second kappa shape index (κ2) is 4.05. The van der Waals surface area contributed by atoms with Crippen molar-refractivity contribution in [1.29, 1.82) is 0 Å². The molecule has 0 aliphatic rings. The fraction of sp³-hybridized carbons (Fsp3) is 0.111. The number of halogens is 1. The summed E-state index contributed by atoms with van der Waals surface area (Å²) in [4.78, 5) is 14.1. The molecule has 0 saturated heterocycles. The minimum Gasteiger partial charge on any atom is -0.478 e. The van der Waals surface area contributed by atoms with E-state index in [0.29, 0.717) is 5.15 Å². The zero-order valence-electron chi connectivity index (χ0n) is 6.99. The van der Waals surface area contributed by atoms with Gasteiger partial charge < -0.3 is 5.11 Å². The summed E-state index contributed by atoms with van der Waals surface area (Å²) >= 11 is 5.69. The lowest BCUT2D eigenvalue weighted by molar-refractivity contribution is -0.131. The van der Waals surface area contributed by atoms with Crippen molar-refractivity contribution in [3.8, 4) is 0 Å². The van der Waals surface area contributed by atoms with Crippen LogP contribution in [-0.4, -0.2) is 16.1 Å². The van der Waals surface area contributed by atoms with Gasteiger partial charge in [-0.3, -0.25) is 0 Å². The highest BCUT2D eigenvalue weighted by Crippen LogP contribution is 2.13. The van der Waals surface area contributed by atoms with Crippen LogP contribution in [-0.2, 0) is 4.79 Å². The molecule has 68 valence electrons. The maximum absolute atomic E-state index is 10.2. The van der Waals surface area contributed by atoms with Crippen molar-refractivity contribution in [2.75, 3.05) is 0 Å². The second-order valence-corrected chi connectivity index (χ2v) is 2.91. The predicted octanol–water partition coefficient (Wildman–Crippen LogP) is 2.14. The first-order valence-electron chi connectivity index (χ1n) is 3.63. The summed E-state index contributed by atoms with van der Waals surface area (Å²) in [5.41, 5.74) is 1.55. The lowest BCUT2D eigenvalue weighted by Gasteiger charge is -1.97. The average Bonchev–Trinajstić information content (AvgIpc) is 2.07. The molecular weight excluding hydrogens is 190 g/mol. The topological polar surface area (TPSA) is 50.2 Å². The number of aromatic nitrogens is 1. The maximum atomic E-state index is 10.2. The number of nitrogens with zero attached hydrogens (tertiary/aromatic N) is 1. The van der Waals surface area contributed by atoms with Crippen molar-refractivity contribution < 1.29 is 9.90 Å². The van der Waals surface area contributed by atoms with Crippen LogP contribution in [0.2, 0.25) is 5.15 Å². The monoisotopic (exact) mass is 197 g/mol. The van der Waals surface area contributed by atoms with Crippen LogP contribution in [0.5, 0.6) is 0 Å². The van der Waals surface area contributed by atoms with Crippen LogP contribution >= 0.6 is 11.6 Å². The van der Waals surface area contributed by atoms with Gasteiger partial charge in [-0.05, 0) is 30.2 Å². The van der Waals surface area contributed by atoms with E-state index in [-0.39, 0.29) is 0 Å². The quantitative estimate of drug-likeness (QED) is 0.584. The lowest BCUT2D eigenvalue weighted by atomic mass is 10.2. The largest absolute Gasteiger partial charge is 0.478 e. The van der Waals surface area contributed by atoms with E-state index in [4.69, 9.17) is 16.7 Å². The number of aliphatic carboxylic acids is 1. The van der Waals surface area contributed by atoms with Gasteiger partial charge in [0, 0.05) is 12.3 Å². The molecule has 0 unspecified atom stereocenters. The van der Waals surface area contributed by atoms with E-state index >= 15 is 0 Å². The molecule has 1 aromatic rings. The number of carboxylic acid groups (broad SMARTS) is 1. The van der Waals surface area contributed by atoms with Crippen LogP contribution in [0, 0.1) is 6.92 Å².